The lowest BCUT2D eigenvalue weighted by Crippen LogP contribution is -1.97. The fraction of sp³-hybridized carbons (Fsp3) is 0.222. The first-order valence-corrected chi connectivity index (χ1v) is 7.04. The Morgan fingerprint density at radius 3 is 1.83 bits per heavy atom. The molecule has 0 amide bonds. The quantitative estimate of drug-likeness (QED) is 0.887. The summed E-state index contributed by atoms with van der Waals surface area (Å²) in [6, 6.07) is 11.3. The van der Waals surface area contributed by atoms with Gasteiger partial charge in [-0.2, -0.15) is 0 Å². The molecule has 23 heavy (non-hydrogen) atoms. The van der Waals surface area contributed by atoms with Gasteiger partial charge in [-0.3, -0.25) is 0 Å². The molecule has 2 aromatic rings. The van der Waals surface area contributed by atoms with Gasteiger partial charge in [0.25, 0.3) is 0 Å². The lowest BCUT2D eigenvalue weighted by atomic mass is 9.98. The van der Waals surface area contributed by atoms with Crippen LogP contribution in [0.5, 0.6) is 23.0 Å². The van der Waals surface area contributed by atoms with Gasteiger partial charge in [-0.05, 0) is 35.4 Å². The summed E-state index contributed by atoms with van der Waals surface area (Å²) in [7, 11) is 6.42. The van der Waals surface area contributed by atoms with E-state index in [0.717, 1.165) is 16.7 Å². The highest BCUT2D eigenvalue weighted by atomic mass is 16.5. The molecule has 0 aliphatic rings. The van der Waals surface area contributed by atoms with E-state index in [1.54, 1.807) is 34.6 Å². The van der Waals surface area contributed by atoms with E-state index in [0.29, 0.717) is 23.0 Å². The Labute approximate surface area is 136 Å². The van der Waals surface area contributed by atoms with Crippen molar-refractivity contribution in [3.05, 3.63) is 53.7 Å². The largest absolute Gasteiger partial charge is 0.497 e. The van der Waals surface area contributed by atoms with Crippen molar-refractivity contribution in [3.8, 4) is 23.0 Å². The average molecular weight is 315 g/mol. The van der Waals surface area contributed by atoms with E-state index in [1.165, 1.54) is 0 Å². The molecule has 5 nitrogen and oxygen atoms in total. The molecule has 0 bridgehead atoms. The molecule has 0 heterocycles. The van der Waals surface area contributed by atoms with Crippen molar-refractivity contribution in [1.29, 1.82) is 0 Å². The Kier molecular flexibility index (Phi) is 5.36. The molecule has 0 unspecified atom stereocenters. The fourth-order valence-electron chi connectivity index (χ4n) is 2.33. The standard InChI is InChI=1S/C18H21NO4/c1-20-14-7-13(8-15(10-14)21-2)16(11-19)12-5-6-17(22-3)18(9-12)23-4/h5-11H,19H2,1-4H3. The SMILES string of the molecule is COc1cc(OC)cc(C(=CN)c2ccc(OC)c(OC)c2)c1. The van der Waals surface area contributed by atoms with Crippen molar-refractivity contribution in [2.45, 2.75) is 0 Å². The average Bonchev–Trinajstić information content (AvgIpc) is 2.61. The molecule has 2 rings (SSSR count). The molecule has 0 saturated heterocycles. The number of hydrogen-bond acceptors (Lipinski definition) is 5. The summed E-state index contributed by atoms with van der Waals surface area (Å²) in [4.78, 5) is 0. The van der Waals surface area contributed by atoms with Gasteiger partial charge in [-0.25, -0.2) is 0 Å². The van der Waals surface area contributed by atoms with Gasteiger partial charge in [0.05, 0.1) is 28.4 Å². The van der Waals surface area contributed by atoms with Crippen LogP contribution in [0.4, 0.5) is 0 Å². The van der Waals surface area contributed by atoms with Gasteiger partial charge in [-0.1, -0.05) is 6.07 Å². The Hall–Kier alpha value is -2.82. The first-order valence-electron chi connectivity index (χ1n) is 7.04. The van der Waals surface area contributed by atoms with Crippen molar-refractivity contribution in [3.63, 3.8) is 0 Å². The third-order valence-electron chi connectivity index (χ3n) is 3.52. The number of hydrogen-bond donors (Lipinski definition) is 1. The predicted molar refractivity (Wildman–Crippen MR) is 90.4 cm³/mol. The topological polar surface area (TPSA) is 62.9 Å². The second-order valence-electron chi connectivity index (χ2n) is 4.75. The van der Waals surface area contributed by atoms with E-state index in [1.807, 2.05) is 36.4 Å². The van der Waals surface area contributed by atoms with Gasteiger partial charge in [0.2, 0.25) is 0 Å². The molecule has 0 aromatic heterocycles. The van der Waals surface area contributed by atoms with Gasteiger partial charge in [0.15, 0.2) is 11.5 Å². The fourth-order valence-corrected chi connectivity index (χ4v) is 2.33. The van der Waals surface area contributed by atoms with Crippen molar-refractivity contribution in [2.24, 2.45) is 5.73 Å². The van der Waals surface area contributed by atoms with Crippen molar-refractivity contribution in [1.82, 2.24) is 0 Å². The van der Waals surface area contributed by atoms with Gasteiger partial charge in [-0.15, -0.1) is 0 Å². The molecule has 0 saturated carbocycles. The van der Waals surface area contributed by atoms with Crippen LogP contribution in [0.2, 0.25) is 0 Å². The van der Waals surface area contributed by atoms with E-state index < -0.39 is 0 Å². The van der Waals surface area contributed by atoms with Crippen LogP contribution < -0.4 is 24.7 Å². The van der Waals surface area contributed by atoms with Crippen molar-refractivity contribution >= 4 is 5.57 Å². The minimum absolute atomic E-state index is 0.638. The van der Waals surface area contributed by atoms with Crippen LogP contribution in [0.15, 0.2) is 42.6 Å². The van der Waals surface area contributed by atoms with Gasteiger partial charge < -0.3 is 24.7 Å². The molecule has 5 heteroatoms. The van der Waals surface area contributed by atoms with E-state index >= 15 is 0 Å². The van der Waals surface area contributed by atoms with E-state index in [4.69, 9.17) is 24.7 Å². The lowest BCUT2D eigenvalue weighted by Gasteiger charge is -2.14. The third kappa shape index (κ3) is 3.51. The Morgan fingerprint density at radius 2 is 1.35 bits per heavy atom. The molecule has 0 aliphatic heterocycles. The molecule has 2 N–H and O–H groups in total. The first-order chi connectivity index (χ1) is 11.2. The summed E-state index contributed by atoms with van der Waals surface area (Å²) in [5.41, 5.74) is 8.49. The summed E-state index contributed by atoms with van der Waals surface area (Å²) in [6.45, 7) is 0. The monoisotopic (exact) mass is 315 g/mol. The van der Waals surface area contributed by atoms with Crippen LogP contribution in [-0.2, 0) is 0 Å². The molecule has 2 aromatic carbocycles. The molecule has 0 atom stereocenters. The summed E-state index contributed by atoms with van der Waals surface area (Å²) < 4.78 is 21.3. The number of rotatable bonds is 6. The third-order valence-corrected chi connectivity index (χ3v) is 3.52. The van der Waals surface area contributed by atoms with Crippen LogP contribution in [0.25, 0.3) is 5.57 Å². The van der Waals surface area contributed by atoms with Crippen molar-refractivity contribution in [2.75, 3.05) is 28.4 Å². The number of benzene rings is 2. The van der Waals surface area contributed by atoms with E-state index in [-0.39, 0.29) is 0 Å². The van der Waals surface area contributed by atoms with Crippen LogP contribution in [-0.4, -0.2) is 28.4 Å². The van der Waals surface area contributed by atoms with Gasteiger partial charge >= 0.3 is 0 Å². The summed E-state index contributed by atoms with van der Waals surface area (Å²) >= 11 is 0. The smallest absolute Gasteiger partial charge is 0.161 e. The second kappa shape index (κ2) is 7.45. The second-order valence-corrected chi connectivity index (χ2v) is 4.75. The molecular formula is C18H21NO4. The Bertz CT molecular complexity index is 688. The maximum atomic E-state index is 5.87. The number of nitrogens with two attached hydrogens (primary N) is 1. The molecular weight excluding hydrogens is 294 g/mol. The van der Waals surface area contributed by atoms with Gasteiger partial charge in [0, 0.05) is 17.8 Å². The van der Waals surface area contributed by atoms with Crippen LogP contribution in [0.1, 0.15) is 11.1 Å². The van der Waals surface area contributed by atoms with Crippen LogP contribution >= 0.6 is 0 Å². The molecule has 0 fully saturated rings. The Balaban J connectivity index is 2.52. The zero-order valence-electron chi connectivity index (χ0n) is 13.8. The molecule has 0 aliphatic carbocycles. The molecule has 122 valence electrons. The van der Waals surface area contributed by atoms with E-state index in [2.05, 4.69) is 0 Å². The predicted octanol–water partition coefficient (Wildman–Crippen LogP) is 3.07. The maximum absolute atomic E-state index is 5.87. The summed E-state index contributed by atoms with van der Waals surface area (Å²) in [5, 5.41) is 0. The molecule has 0 spiro atoms. The minimum atomic E-state index is 0.638. The summed E-state index contributed by atoms with van der Waals surface area (Å²) in [6.07, 6.45) is 1.55. The van der Waals surface area contributed by atoms with Crippen LogP contribution in [0.3, 0.4) is 0 Å². The number of methoxy groups -OCH3 is 4. The Morgan fingerprint density at radius 1 is 0.739 bits per heavy atom. The highest BCUT2D eigenvalue weighted by molar-refractivity contribution is 5.81. The minimum Gasteiger partial charge on any atom is -0.497 e. The van der Waals surface area contributed by atoms with Crippen molar-refractivity contribution < 1.29 is 18.9 Å². The number of ether oxygens (including phenoxy) is 4. The van der Waals surface area contributed by atoms with Crippen LogP contribution in [0, 0.1) is 0 Å². The first kappa shape index (κ1) is 16.5. The normalized spacial score (nSPS) is 11.0. The zero-order chi connectivity index (χ0) is 16.8. The molecule has 0 radical (unpaired) electrons. The zero-order valence-corrected chi connectivity index (χ0v) is 13.8. The maximum Gasteiger partial charge on any atom is 0.161 e. The van der Waals surface area contributed by atoms with E-state index in [9.17, 15) is 0 Å². The highest BCUT2D eigenvalue weighted by Crippen LogP contribution is 2.34. The lowest BCUT2D eigenvalue weighted by molar-refractivity contribution is 0.355. The van der Waals surface area contributed by atoms with Gasteiger partial charge in [0.1, 0.15) is 11.5 Å². The highest BCUT2D eigenvalue weighted by Gasteiger charge is 2.12. The summed E-state index contributed by atoms with van der Waals surface area (Å²) in [5.74, 6) is 2.69.